The van der Waals surface area contributed by atoms with Crippen molar-refractivity contribution in [3.8, 4) is 0 Å². The second-order valence-corrected chi connectivity index (χ2v) is 6.19. The highest BCUT2D eigenvalue weighted by Crippen LogP contribution is 2.38. The van der Waals surface area contributed by atoms with Crippen LogP contribution in [-0.4, -0.2) is 36.8 Å². The van der Waals surface area contributed by atoms with Crippen LogP contribution in [0.15, 0.2) is 30.3 Å². The molecular weight excluding hydrogens is 312 g/mol. The number of hydrogen-bond acceptors (Lipinski definition) is 6. The molecule has 0 aromatic heterocycles. The van der Waals surface area contributed by atoms with Gasteiger partial charge in [-0.3, -0.25) is 0 Å². The Kier molecular flexibility index (Phi) is 7.33. The van der Waals surface area contributed by atoms with E-state index in [2.05, 4.69) is 4.89 Å². The summed E-state index contributed by atoms with van der Waals surface area (Å²) in [6, 6.07) is 9.65. The zero-order valence-electron chi connectivity index (χ0n) is 14.2. The lowest BCUT2D eigenvalue weighted by Crippen LogP contribution is -2.44. The first-order valence-electron chi connectivity index (χ1n) is 8.28. The molecule has 24 heavy (non-hydrogen) atoms. The summed E-state index contributed by atoms with van der Waals surface area (Å²) in [7, 11) is 0. The Morgan fingerprint density at radius 3 is 2.54 bits per heavy atom. The van der Waals surface area contributed by atoms with E-state index < -0.39 is 12.1 Å². The van der Waals surface area contributed by atoms with Gasteiger partial charge < -0.3 is 19.0 Å². The van der Waals surface area contributed by atoms with Crippen molar-refractivity contribution in [2.45, 2.75) is 45.4 Å². The topological polar surface area (TPSA) is 74.2 Å². The van der Waals surface area contributed by atoms with Crippen LogP contribution in [0.3, 0.4) is 0 Å². The minimum atomic E-state index is -0.841. The van der Waals surface area contributed by atoms with Gasteiger partial charge in [0.1, 0.15) is 6.29 Å². The number of benzene rings is 1. The summed E-state index contributed by atoms with van der Waals surface area (Å²) in [6.07, 6.45) is 0.980. The minimum Gasteiger partial charge on any atom is -0.348 e. The fourth-order valence-electron chi connectivity index (χ4n) is 3.22. The summed E-state index contributed by atoms with van der Waals surface area (Å²) >= 11 is 0. The number of rotatable bonds is 10. The van der Waals surface area contributed by atoms with E-state index >= 15 is 0 Å². The minimum absolute atomic E-state index is 0.155. The van der Waals surface area contributed by atoms with E-state index in [1.165, 1.54) is 0 Å². The molecule has 1 N–H and O–H groups in total. The molecule has 1 aromatic rings. The zero-order chi connectivity index (χ0) is 17.4. The quantitative estimate of drug-likeness (QED) is 0.306. The van der Waals surface area contributed by atoms with E-state index in [9.17, 15) is 10.1 Å². The maximum Gasteiger partial charge on any atom is 0.194 e. The van der Waals surface area contributed by atoms with E-state index in [0.717, 1.165) is 11.8 Å². The van der Waals surface area contributed by atoms with Crippen molar-refractivity contribution in [3.63, 3.8) is 0 Å². The molecule has 0 bridgehead atoms. The van der Waals surface area contributed by atoms with Crippen molar-refractivity contribution in [1.82, 2.24) is 0 Å². The van der Waals surface area contributed by atoms with Crippen molar-refractivity contribution in [3.05, 3.63) is 35.9 Å². The molecule has 2 rings (SSSR count). The van der Waals surface area contributed by atoms with E-state index in [0.29, 0.717) is 32.7 Å². The lowest BCUT2D eigenvalue weighted by atomic mass is 9.83. The maximum atomic E-state index is 10.8. The summed E-state index contributed by atoms with van der Waals surface area (Å²) in [5.74, 6) is -1.20. The third-order valence-electron chi connectivity index (χ3n) is 4.55. The van der Waals surface area contributed by atoms with Gasteiger partial charge in [0.05, 0.1) is 19.8 Å². The third kappa shape index (κ3) is 4.84. The molecule has 1 aliphatic heterocycles. The molecule has 1 saturated heterocycles. The predicted molar refractivity (Wildman–Crippen MR) is 87.0 cm³/mol. The van der Waals surface area contributed by atoms with Gasteiger partial charge in [0.25, 0.3) is 0 Å². The molecule has 6 heteroatoms. The lowest BCUT2D eigenvalue weighted by Gasteiger charge is -2.38. The molecule has 0 radical (unpaired) electrons. The van der Waals surface area contributed by atoms with Gasteiger partial charge in [-0.1, -0.05) is 37.3 Å². The van der Waals surface area contributed by atoms with Crippen LogP contribution in [0.4, 0.5) is 0 Å². The predicted octanol–water partition coefficient (Wildman–Crippen LogP) is 3.01. The number of carbonyl (C=O) groups excluding carboxylic acids is 1. The van der Waals surface area contributed by atoms with Gasteiger partial charge in [-0.15, -0.1) is 0 Å². The first-order chi connectivity index (χ1) is 11.6. The lowest BCUT2D eigenvalue weighted by molar-refractivity contribution is -0.371. The highest BCUT2D eigenvalue weighted by atomic mass is 17.1. The summed E-state index contributed by atoms with van der Waals surface area (Å²) in [6.45, 7) is 5.09. The van der Waals surface area contributed by atoms with Gasteiger partial charge in [0, 0.05) is 18.3 Å². The Morgan fingerprint density at radius 1 is 1.29 bits per heavy atom. The monoisotopic (exact) mass is 338 g/mol. The molecular formula is C18H26O6. The molecule has 0 saturated carbocycles. The molecule has 1 aliphatic rings. The van der Waals surface area contributed by atoms with Crippen molar-refractivity contribution < 1.29 is 29.1 Å². The Bertz CT molecular complexity index is 486. The molecule has 0 spiro atoms. The van der Waals surface area contributed by atoms with E-state index in [4.69, 9.17) is 14.2 Å². The number of hydrogen-bond donors (Lipinski definition) is 1. The van der Waals surface area contributed by atoms with Crippen LogP contribution in [0, 0.1) is 11.8 Å². The third-order valence-corrected chi connectivity index (χ3v) is 4.55. The first kappa shape index (κ1) is 19.0. The Hall–Kier alpha value is -1.31. The molecule has 1 heterocycles. The highest BCUT2D eigenvalue weighted by Gasteiger charge is 2.45. The highest BCUT2D eigenvalue weighted by molar-refractivity contribution is 5.49. The van der Waals surface area contributed by atoms with Gasteiger partial charge in [-0.2, -0.15) is 0 Å². The van der Waals surface area contributed by atoms with Crippen molar-refractivity contribution in [2.24, 2.45) is 11.8 Å². The average Bonchev–Trinajstić information content (AvgIpc) is 3.04. The molecule has 1 aromatic carbocycles. The Balaban J connectivity index is 2.04. The maximum absolute atomic E-state index is 10.8. The van der Waals surface area contributed by atoms with Crippen LogP contribution < -0.4 is 0 Å². The second-order valence-electron chi connectivity index (χ2n) is 6.19. The fourth-order valence-corrected chi connectivity index (χ4v) is 3.22. The summed E-state index contributed by atoms with van der Waals surface area (Å²) in [5.41, 5.74) is 0.982. The van der Waals surface area contributed by atoms with Gasteiger partial charge in [-0.25, -0.2) is 10.1 Å². The Morgan fingerprint density at radius 2 is 1.96 bits per heavy atom. The van der Waals surface area contributed by atoms with Gasteiger partial charge >= 0.3 is 0 Å². The fraction of sp³-hybridized carbons (Fsp3) is 0.611. The van der Waals surface area contributed by atoms with Crippen LogP contribution >= 0.6 is 0 Å². The molecule has 0 aliphatic carbocycles. The van der Waals surface area contributed by atoms with Crippen LogP contribution in [0.1, 0.15) is 32.3 Å². The number of aldehydes is 1. The molecule has 1 fully saturated rings. The standard InChI is InChI=1S/C18H26O6/c1-14(16(9-6-10-19)18(2)22-11-12-23-18)17(24-20)21-13-15-7-4-3-5-8-15/h3-5,7-8,10,14,16-17,20H,6,9,11-13H2,1-2H3. The van der Waals surface area contributed by atoms with Crippen molar-refractivity contribution >= 4 is 6.29 Å². The first-order valence-corrected chi connectivity index (χ1v) is 8.28. The van der Waals surface area contributed by atoms with Gasteiger partial charge in [0.2, 0.25) is 0 Å². The van der Waals surface area contributed by atoms with E-state index in [-0.39, 0.29) is 11.8 Å². The normalized spacial score (nSPS) is 20.5. The molecule has 6 nitrogen and oxygen atoms in total. The summed E-state index contributed by atoms with van der Waals surface area (Å²) in [4.78, 5) is 15.4. The molecule has 3 unspecified atom stereocenters. The molecule has 0 amide bonds. The van der Waals surface area contributed by atoms with E-state index in [1.54, 1.807) is 0 Å². The van der Waals surface area contributed by atoms with Gasteiger partial charge in [0.15, 0.2) is 12.1 Å². The zero-order valence-corrected chi connectivity index (χ0v) is 14.2. The number of carbonyl (C=O) groups is 1. The molecule has 134 valence electrons. The Labute approximate surface area is 142 Å². The number of ether oxygens (including phenoxy) is 3. The van der Waals surface area contributed by atoms with E-state index in [1.807, 2.05) is 44.2 Å². The SMILES string of the molecule is CC(C(OO)OCc1ccccc1)C(CCC=O)C1(C)OCCO1. The van der Waals surface area contributed by atoms with Crippen LogP contribution in [0.5, 0.6) is 0 Å². The summed E-state index contributed by atoms with van der Waals surface area (Å²) in [5, 5.41) is 9.30. The largest absolute Gasteiger partial charge is 0.348 e. The van der Waals surface area contributed by atoms with Gasteiger partial charge in [-0.05, 0) is 18.9 Å². The molecule has 3 atom stereocenters. The van der Waals surface area contributed by atoms with Crippen LogP contribution in [0.2, 0.25) is 0 Å². The average molecular weight is 338 g/mol. The van der Waals surface area contributed by atoms with Crippen LogP contribution in [0.25, 0.3) is 0 Å². The summed E-state index contributed by atoms with van der Waals surface area (Å²) < 4.78 is 17.2. The smallest absolute Gasteiger partial charge is 0.194 e. The van der Waals surface area contributed by atoms with Crippen molar-refractivity contribution in [2.75, 3.05) is 13.2 Å². The van der Waals surface area contributed by atoms with Crippen LogP contribution in [-0.2, 0) is 30.5 Å². The van der Waals surface area contributed by atoms with Crippen molar-refractivity contribution in [1.29, 1.82) is 0 Å². The second kappa shape index (κ2) is 9.25.